The molecule has 3 aromatic rings. The van der Waals surface area contributed by atoms with Crippen LogP contribution in [0.2, 0.25) is 0 Å². The van der Waals surface area contributed by atoms with E-state index in [0.717, 1.165) is 17.8 Å². The number of rotatable bonds is 5. The highest BCUT2D eigenvalue weighted by Crippen LogP contribution is 2.31. The summed E-state index contributed by atoms with van der Waals surface area (Å²) >= 11 is 0. The van der Waals surface area contributed by atoms with Gasteiger partial charge in [-0.3, -0.25) is 4.79 Å². The van der Waals surface area contributed by atoms with Crippen LogP contribution in [-0.4, -0.2) is 27.3 Å². The maximum atomic E-state index is 12.6. The van der Waals surface area contributed by atoms with Gasteiger partial charge in [0.15, 0.2) is 6.61 Å². The van der Waals surface area contributed by atoms with Crippen LogP contribution >= 0.6 is 0 Å². The van der Waals surface area contributed by atoms with E-state index in [1.165, 1.54) is 24.8 Å². The summed E-state index contributed by atoms with van der Waals surface area (Å²) in [7, 11) is 0. The third-order valence-corrected chi connectivity index (χ3v) is 3.37. The molecule has 0 spiro atoms. The number of aromatic nitrogens is 3. The molecule has 6 nitrogen and oxygen atoms in total. The Hall–Kier alpha value is -3.36. The molecule has 1 N–H and O–H groups in total. The number of carbonyl (C=O) groups is 1. The van der Waals surface area contributed by atoms with Crippen molar-refractivity contribution in [2.75, 3.05) is 11.9 Å². The highest BCUT2D eigenvalue weighted by Gasteiger charge is 2.30. The van der Waals surface area contributed by atoms with Gasteiger partial charge in [0.1, 0.15) is 18.4 Å². The molecule has 0 saturated heterocycles. The maximum absolute atomic E-state index is 12.6. The Morgan fingerprint density at radius 3 is 2.58 bits per heavy atom. The van der Waals surface area contributed by atoms with Crippen molar-refractivity contribution in [1.29, 1.82) is 0 Å². The van der Waals surface area contributed by atoms with Crippen molar-refractivity contribution in [3.05, 3.63) is 66.7 Å². The van der Waals surface area contributed by atoms with E-state index in [-0.39, 0.29) is 5.75 Å². The van der Waals surface area contributed by atoms with Crippen LogP contribution in [0.4, 0.5) is 18.9 Å². The molecule has 1 heterocycles. The van der Waals surface area contributed by atoms with E-state index < -0.39 is 24.3 Å². The summed E-state index contributed by atoms with van der Waals surface area (Å²) in [5, 5.41) is 6.58. The third-order valence-electron chi connectivity index (χ3n) is 3.37. The number of hydrogen-bond donors (Lipinski definition) is 1. The molecule has 0 bridgehead atoms. The second-order valence-corrected chi connectivity index (χ2v) is 5.25. The summed E-state index contributed by atoms with van der Waals surface area (Å²) in [6.07, 6.45) is -1.52. The minimum atomic E-state index is -4.46. The third kappa shape index (κ3) is 4.38. The van der Waals surface area contributed by atoms with Crippen LogP contribution < -0.4 is 10.1 Å². The Morgan fingerprint density at radius 1 is 1.15 bits per heavy atom. The Morgan fingerprint density at radius 2 is 1.92 bits per heavy atom. The minimum Gasteiger partial charge on any atom is -0.484 e. The number of hydrogen-bond acceptors (Lipinski definition) is 4. The predicted octanol–water partition coefficient (Wildman–Crippen LogP) is 3.30. The zero-order valence-corrected chi connectivity index (χ0v) is 13.3. The SMILES string of the molecule is O=C(COc1cccc(C(F)(F)F)c1)Nc1ccc(-n2cncn2)cc1. The molecule has 0 aliphatic rings. The van der Waals surface area contributed by atoms with Crippen molar-refractivity contribution in [2.24, 2.45) is 0 Å². The van der Waals surface area contributed by atoms with Gasteiger partial charge in [0, 0.05) is 5.69 Å². The fourth-order valence-electron chi connectivity index (χ4n) is 2.15. The van der Waals surface area contributed by atoms with Crippen LogP contribution in [0.15, 0.2) is 61.2 Å². The lowest BCUT2D eigenvalue weighted by Gasteiger charge is -2.10. The van der Waals surface area contributed by atoms with E-state index in [2.05, 4.69) is 15.4 Å². The van der Waals surface area contributed by atoms with Crippen molar-refractivity contribution >= 4 is 11.6 Å². The standard InChI is InChI=1S/C17H13F3N4O2/c18-17(19,20)12-2-1-3-15(8-12)26-9-16(25)23-13-4-6-14(7-5-13)24-11-21-10-22-24/h1-8,10-11H,9H2,(H,23,25). The van der Waals surface area contributed by atoms with Gasteiger partial charge in [0.25, 0.3) is 5.91 Å². The number of nitrogens with one attached hydrogen (secondary N) is 1. The molecule has 0 saturated carbocycles. The predicted molar refractivity (Wildman–Crippen MR) is 86.9 cm³/mol. The number of amides is 1. The molecule has 2 aromatic carbocycles. The van der Waals surface area contributed by atoms with Crippen LogP contribution in [0.25, 0.3) is 5.69 Å². The average Bonchev–Trinajstić information content (AvgIpc) is 3.15. The molecule has 0 aliphatic carbocycles. The van der Waals surface area contributed by atoms with E-state index in [4.69, 9.17) is 4.74 Å². The van der Waals surface area contributed by atoms with Gasteiger partial charge >= 0.3 is 6.18 Å². The first-order valence-corrected chi connectivity index (χ1v) is 7.47. The molecule has 1 amide bonds. The number of benzene rings is 2. The molecule has 1 aromatic heterocycles. The topological polar surface area (TPSA) is 69.0 Å². The van der Waals surface area contributed by atoms with E-state index >= 15 is 0 Å². The van der Waals surface area contributed by atoms with Gasteiger partial charge in [-0.05, 0) is 42.5 Å². The molecule has 0 radical (unpaired) electrons. The van der Waals surface area contributed by atoms with E-state index in [1.54, 1.807) is 28.9 Å². The lowest BCUT2D eigenvalue weighted by molar-refractivity contribution is -0.137. The number of alkyl halides is 3. The minimum absolute atomic E-state index is 0.0310. The van der Waals surface area contributed by atoms with E-state index in [1.807, 2.05) is 0 Å². The zero-order valence-electron chi connectivity index (χ0n) is 13.3. The van der Waals surface area contributed by atoms with Crippen LogP contribution in [0.3, 0.4) is 0 Å². The van der Waals surface area contributed by atoms with Crippen molar-refractivity contribution < 1.29 is 22.7 Å². The molecule has 134 valence electrons. The van der Waals surface area contributed by atoms with Crippen molar-refractivity contribution in [2.45, 2.75) is 6.18 Å². The molecule has 0 unspecified atom stereocenters. The summed E-state index contributed by atoms with van der Waals surface area (Å²) in [6, 6.07) is 11.2. The average molecular weight is 362 g/mol. The lowest BCUT2D eigenvalue weighted by atomic mass is 10.2. The van der Waals surface area contributed by atoms with Crippen LogP contribution in [0.5, 0.6) is 5.75 Å². The number of carbonyl (C=O) groups excluding carboxylic acids is 1. The number of anilines is 1. The Balaban J connectivity index is 1.56. The Labute approximate surface area is 146 Å². The summed E-state index contributed by atoms with van der Waals surface area (Å²) in [5.74, 6) is -0.521. The smallest absolute Gasteiger partial charge is 0.416 e. The summed E-state index contributed by atoms with van der Waals surface area (Å²) in [4.78, 5) is 15.7. The summed E-state index contributed by atoms with van der Waals surface area (Å²) in [5.41, 5.74) is 0.450. The molecular weight excluding hydrogens is 349 g/mol. The van der Waals surface area contributed by atoms with Crippen molar-refractivity contribution in [1.82, 2.24) is 14.8 Å². The van der Waals surface area contributed by atoms with Gasteiger partial charge in [-0.25, -0.2) is 9.67 Å². The molecule has 0 atom stereocenters. The molecule has 0 fully saturated rings. The first kappa shape index (κ1) is 17.5. The lowest BCUT2D eigenvalue weighted by Crippen LogP contribution is -2.20. The van der Waals surface area contributed by atoms with Gasteiger partial charge in [-0.15, -0.1) is 0 Å². The molecular formula is C17H13F3N4O2. The largest absolute Gasteiger partial charge is 0.484 e. The fourth-order valence-corrected chi connectivity index (χ4v) is 2.15. The highest BCUT2D eigenvalue weighted by molar-refractivity contribution is 5.91. The van der Waals surface area contributed by atoms with Gasteiger partial charge in [-0.1, -0.05) is 6.07 Å². The molecule has 9 heteroatoms. The number of halogens is 3. The summed E-state index contributed by atoms with van der Waals surface area (Å²) in [6.45, 7) is -0.411. The Bertz CT molecular complexity index is 878. The highest BCUT2D eigenvalue weighted by atomic mass is 19.4. The molecule has 0 aliphatic heterocycles. The fraction of sp³-hybridized carbons (Fsp3) is 0.118. The van der Waals surface area contributed by atoms with E-state index in [9.17, 15) is 18.0 Å². The van der Waals surface area contributed by atoms with Crippen LogP contribution in [0, 0.1) is 0 Å². The second-order valence-electron chi connectivity index (χ2n) is 5.25. The normalized spacial score (nSPS) is 11.2. The molecule has 3 rings (SSSR count). The zero-order chi connectivity index (χ0) is 18.6. The second kappa shape index (κ2) is 7.26. The monoisotopic (exact) mass is 362 g/mol. The molecule has 26 heavy (non-hydrogen) atoms. The summed E-state index contributed by atoms with van der Waals surface area (Å²) < 4.78 is 44.6. The first-order valence-electron chi connectivity index (χ1n) is 7.47. The van der Waals surface area contributed by atoms with Gasteiger partial charge in [0.05, 0.1) is 11.3 Å². The van der Waals surface area contributed by atoms with Gasteiger partial charge < -0.3 is 10.1 Å². The number of ether oxygens (including phenoxy) is 1. The number of nitrogens with zero attached hydrogens (tertiary/aromatic N) is 3. The van der Waals surface area contributed by atoms with Crippen LogP contribution in [0.1, 0.15) is 5.56 Å². The van der Waals surface area contributed by atoms with Crippen molar-refractivity contribution in [3.63, 3.8) is 0 Å². The first-order chi connectivity index (χ1) is 12.4. The maximum Gasteiger partial charge on any atom is 0.416 e. The van der Waals surface area contributed by atoms with E-state index in [0.29, 0.717) is 5.69 Å². The van der Waals surface area contributed by atoms with Crippen molar-refractivity contribution in [3.8, 4) is 11.4 Å². The van der Waals surface area contributed by atoms with Gasteiger partial charge in [0.2, 0.25) is 0 Å². The quantitative estimate of drug-likeness (QED) is 0.756. The Kier molecular flexibility index (Phi) is 4.87. The van der Waals surface area contributed by atoms with Crippen LogP contribution in [-0.2, 0) is 11.0 Å². The van der Waals surface area contributed by atoms with Gasteiger partial charge in [-0.2, -0.15) is 18.3 Å².